The second kappa shape index (κ2) is 5.82. The number of aromatic hydroxyl groups is 1. The van der Waals surface area contributed by atoms with E-state index in [9.17, 15) is 9.90 Å². The van der Waals surface area contributed by atoms with Crippen LogP contribution in [0.5, 0.6) is 5.75 Å². The highest BCUT2D eigenvalue weighted by atomic mass is 16.3. The number of carbonyl (C=O) groups excluding carboxylic acids is 1. The number of hydrogen-bond acceptors (Lipinski definition) is 3. The molecule has 0 aliphatic rings. The fourth-order valence-corrected chi connectivity index (χ4v) is 2.22. The number of nitrogens with zero attached hydrogens (tertiary/aromatic N) is 1. The molecule has 0 spiro atoms. The molecule has 0 radical (unpaired) electrons. The predicted octanol–water partition coefficient (Wildman–Crippen LogP) is 3.38. The fourth-order valence-electron chi connectivity index (χ4n) is 2.22. The number of aryl methyl sites for hydroxylation is 1. The molecule has 2 aromatic rings. The predicted molar refractivity (Wildman–Crippen MR) is 76.7 cm³/mol. The molecule has 2 rings (SSSR count). The molecule has 0 saturated heterocycles. The highest BCUT2D eigenvalue weighted by Crippen LogP contribution is 2.28. The first-order chi connectivity index (χ1) is 9.56. The van der Waals surface area contributed by atoms with E-state index in [-0.39, 0.29) is 17.7 Å². The SMILES string of the molecule is CCc1occc1C(=O)N(C)C(C)c1ccccc1O. The third-order valence-electron chi connectivity index (χ3n) is 3.59. The number of rotatable bonds is 4. The molecule has 4 nitrogen and oxygen atoms in total. The Hall–Kier alpha value is -2.23. The van der Waals surface area contributed by atoms with Gasteiger partial charge in [0.1, 0.15) is 11.5 Å². The van der Waals surface area contributed by atoms with Crippen LogP contribution in [-0.4, -0.2) is 23.0 Å². The standard InChI is InChI=1S/C16H19NO3/c1-4-15-13(9-10-20-15)16(19)17(3)11(2)12-7-5-6-8-14(12)18/h5-11,18H,4H2,1-3H3. The zero-order chi connectivity index (χ0) is 14.7. The van der Waals surface area contributed by atoms with Crippen LogP contribution in [0.2, 0.25) is 0 Å². The van der Waals surface area contributed by atoms with E-state index >= 15 is 0 Å². The quantitative estimate of drug-likeness (QED) is 0.929. The van der Waals surface area contributed by atoms with Crippen LogP contribution in [0, 0.1) is 0 Å². The van der Waals surface area contributed by atoms with Gasteiger partial charge in [-0.25, -0.2) is 0 Å². The van der Waals surface area contributed by atoms with Crippen LogP contribution in [0.25, 0.3) is 0 Å². The monoisotopic (exact) mass is 273 g/mol. The molecule has 1 aromatic carbocycles. The average Bonchev–Trinajstić information content (AvgIpc) is 2.94. The van der Waals surface area contributed by atoms with Crippen molar-refractivity contribution in [1.82, 2.24) is 4.90 Å². The minimum absolute atomic E-state index is 0.105. The Kier molecular flexibility index (Phi) is 4.13. The molecule has 1 atom stereocenters. The summed E-state index contributed by atoms with van der Waals surface area (Å²) >= 11 is 0. The van der Waals surface area contributed by atoms with Crippen LogP contribution in [0.15, 0.2) is 41.0 Å². The molecule has 1 amide bonds. The minimum atomic E-state index is -0.219. The van der Waals surface area contributed by atoms with Crippen molar-refractivity contribution in [1.29, 1.82) is 0 Å². The van der Waals surface area contributed by atoms with Gasteiger partial charge in [0, 0.05) is 19.0 Å². The van der Waals surface area contributed by atoms with Gasteiger partial charge in [-0.15, -0.1) is 0 Å². The highest BCUT2D eigenvalue weighted by molar-refractivity contribution is 5.95. The zero-order valence-corrected chi connectivity index (χ0v) is 12.0. The molecule has 4 heteroatoms. The third-order valence-corrected chi connectivity index (χ3v) is 3.59. The summed E-state index contributed by atoms with van der Waals surface area (Å²) in [5, 5.41) is 9.89. The molecule has 0 fully saturated rings. The van der Waals surface area contributed by atoms with E-state index in [1.165, 1.54) is 6.26 Å². The topological polar surface area (TPSA) is 53.7 Å². The first kappa shape index (κ1) is 14.2. The van der Waals surface area contributed by atoms with Crippen molar-refractivity contribution < 1.29 is 14.3 Å². The van der Waals surface area contributed by atoms with E-state index in [2.05, 4.69) is 0 Å². The van der Waals surface area contributed by atoms with Gasteiger partial charge in [0.25, 0.3) is 5.91 Å². The molecule has 20 heavy (non-hydrogen) atoms. The van der Waals surface area contributed by atoms with Crippen LogP contribution in [0.1, 0.15) is 41.6 Å². The Labute approximate surface area is 118 Å². The van der Waals surface area contributed by atoms with E-state index in [1.807, 2.05) is 26.0 Å². The number of furan rings is 1. The number of amides is 1. The van der Waals surface area contributed by atoms with Gasteiger partial charge in [-0.3, -0.25) is 4.79 Å². The van der Waals surface area contributed by atoms with Gasteiger partial charge >= 0.3 is 0 Å². The van der Waals surface area contributed by atoms with Gasteiger partial charge < -0.3 is 14.4 Å². The van der Waals surface area contributed by atoms with Crippen molar-refractivity contribution in [3.8, 4) is 5.75 Å². The lowest BCUT2D eigenvalue weighted by Crippen LogP contribution is -2.30. The second-order valence-corrected chi connectivity index (χ2v) is 4.76. The molecule has 1 unspecified atom stereocenters. The molecule has 1 aromatic heterocycles. The summed E-state index contributed by atoms with van der Waals surface area (Å²) in [4.78, 5) is 14.1. The minimum Gasteiger partial charge on any atom is -0.508 e. The van der Waals surface area contributed by atoms with Crippen LogP contribution < -0.4 is 0 Å². The van der Waals surface area contributed by atoms with Crippen LogP contribution in [0.3, 0.4) is 0 Å². The van der Waals surface area contributed by atoms with Crippen LogP contribution >= 0.6 is 0 Å². The molecule has 0 aliphatic carbocycles. The number of carbonyl (C=O) groups is 1. The van der Waals surface area contributed by atoms with Gasteiger partial charge in [-0.05, 0) is 19.1 Å². The number of phenols is 1. The Morgan fingerprint density at radius 2 is 2.05 bits per heavy atom. The number of phenolic OH excluding ortho intramolecular Hbond substituents is 1. The van der Waals surface area contributed by atoms with Crippen molar-refractivity contribution in [3.05, 3.63) is 53.5 Å². The lowest BCUT2D eigenvalue weighted by atomic mass is 10.0. The van der Waals surface area contributed by atoms with Crippen LogP contribution in [0.4, 0.5) is 0 Å². The number of para-hydroxylation sites is 1. The summed E-state index contributed by atoms with van der Waals surface area (Å²) in [6.45, 7) is 3.83. The molecule has 106 valence electrons. The number of hydrogen-bond donors (Lipinski definition) is 1. The molecule has 0 aliphatic heterocycles. The van der Waals surface area contributed by atoms with Gasteiger partial charge in [-0.2, -0.15) is 0 Å². The summed E-state index contributed by atoms with van der Waals surface area (Å²) in [7, 11) is 1.73. The first-order valence-electron chi connectivity index (χ1n) is 6.67. The summed E-state index contributed by atoms with van der Waals surface area (Å²) in [5.74, 6) is 0.778. The molecular weight excluding hydrogens is 254 g/mol. The summed E-state index contributed by atoms with van der Waals surface area (Å²) in [6.07, 6.45) is 2.21. The van der Waals surface area contributed by atoms with Crippen molar-refractivity contribution in [2.75, 3.05) is 7.05 Å². The van der Waals surface area contributed by atoms with Gasteiger partial charge in [0.15, 0.2) is 0 Å². The smallest absolute Gasteiger partial charge is 0.257 e. The maximum Gasteiger partial charge on any atom is 0.257 e. The summed E-state index contributed by atoms with van der Waals surface area (Å²) < 4.78 is 5.30. The average molecular weight is 273 g/mol. The highest BCUT2D eigenvalue weighted by Gasteiger charge is 2.23. The molecule has 1 heterocycles. The van der Waals surface area contributed by atoms with Gasteiger partial charge in [-0.1, -0.05) is 25.1 Å². The van der Waals surface area contributed by atoms with Gasteiger partial charge in [0.05, 0.1) is 17.9 Å². The summed E-state index contributed by atoms with van der Waals surface area (Å²) in [5.41, 5.74) is 1.31. The lowest BCUT2D eigenvalue weighted by molar-refractivity contribution is 0.0739. The van der Waals surface area contributed by atoms with Gasteiger partial charge in [0.2, 0.25) is 0 Å². The lowest BCUT2D eigenvalue weighted by Gasteiger charge is -2.25. The van der Waals surface area contributed by atoms with Crippen molar-refractivity contribution in [2.24, 2.45) is 0 Å². The Balaban J connectivity index is 2.25. The van der Waals surface area contributed by atoms with Crippen molar-refractivity contribution >= 4 is 5.91 Å². The second-order valence-electron chi connectivity index (χ2n) is 4.76. The Bertz CT molecular complexity index is 603. The molecule has 1 N–H and O–H groups in total. The van der Waals surface area contributed by atoms with Crippen molar-refractivity contribution in [2.45, 2.75) is 26.3 Å². The van der Waals surface area contributed by atoms with E-state index in [1.54, 1.807) is 30.1 Å². The largest absolute Gasteiger partial charge is 0.508 e. The maximum atomic E-state index is 12.5. The van der Waals surface area contributed by atoms with Crippen LogP contribution in [-0.2, 0) is 6.42 Å². The molecule has 0 saturated carbocycles. The first-order valence-corrected chi connectivity index (χ1v) is 6.67. The van der Waals surface area contributed by atoms with Crippen molar-refractivity contribution in [3.63, 3.8) is 0 Å². The third kappa shape index (κ3) is 2.54. The Morgan fingerprint density at radius 3 is 2.70 bits per heavy atom. The summed E-state index contributed by atoms with van der Waals surface area (Å²) in [6, 6.07) is 8.52. The normalized spacial score (nSPS) is 12.2. The maximum absolute atomic E-state index is 12.5. The van der Waals surface area contributed by atoms with E-state index in [4.69, 9.17) is 4.42 Å². The Morgan fingerprint density at radius 1 is 1.35 bits per heavy atom. The molecular formula is C16H19NO3. The fraction of sp³-hybridized carbons (Fsp3) is 0.312. The van der Waals surface area contributed by atoms with E-state index < -0.39 is 0 Å². The van der Waals surface area contributed by atoms with E-state index in [0.717, 1.165) is 5.56 Å². The molecule has 0 bridgehead atoms. The number of benzene rings is 1. The van der Waals surface area contributed by atoms with E-state index in [0.29, 0.717) is 17.7 Å². The zero-order valence-electron chi connectivity index (χ0n) is 12.0.